The molecule has 0 bridgehead atoms. The normalized spacial score (nSPS) is 15.8. The predicted molar refractivity (Wildman–Crippen MR) is 112 cm³/mol. The Hall–Kier alpha value is -2.73. The third-order valence-corrected chi connectivity index (χ3v) is 5.65. The highest BCUT2D eigenvalue weighted by molar-refractivity contribution is 7.71. The number of amides is 1. The lowest BCUT2D eigenvalue weighted by molar-refractivity contribution is -0.122. The van der Waals surface area contributed by atoms with E-state index in [9.17, 15) is 4.79 Å². The number of aryl methyl sites for hydroxylation is 2. The van der Waals surface area contributed by atoms with Gasteiger partial charge in [0.15, 0.2) is 10.6 Å². The van der Waals surface area contributed by atoms with Crippen LogP contribution in [-0.2, 0) is 17.8 Å². The number of aromatic amines is 1. The van der Waals surface area contributed by atoms with Crippen LogP contribution < -0.4 is 5.32 Å². The molecule has 5 nitrogen and oxygen atoms in total. The smallest absolute Gasteiger partial charge is 0.222 e. The van der Waals surface area contributed by atoms with Crippen molar-refractivity contribution in [1.82, 2.24) is 20.1 Å². The van der Waals surface area contributed by atoms with Crippen LogP contribution in [-0.4, -0.2) is 20.7 Å². The molecule has 2 aromatic carbocycles. The summed E-state index contributed by atoms with van der Waals surface area (Å²) in [6.07, 6.45) is 3.55. The number of nitrogens with zero attached hydrogens (tertiary/aromatic N) is 2. The van der Waals surface area contributed by atoms with Gasteiger partial charge in [-0.3, -0.25) is 14.5 Å². The highest BCUT2D eigenvalue weighted by Crippen LogP contribution is 2.29. The van der Waals surface area contributed by atoms with Gasteiger partial charge in [-0.25, -0.2) is 0 Å². The van der Waals surface area contributed by atoms with Gasteiger partial charge in [-0.15, -0.1) is 0 Å². The van der Waals surface area contributed by atoms with Crippen LogP contribution in [0.2, 0.25) is 0 Å². The van der Waals surface area contributed by atoms with E-state index < -0.39 is 0 Å². The summed E-state index contributed by atoms with van der Waals surface area (Å²) in [5, 5.41) is 10.4. The molecule has 3 aromatic rings. The molecule has 0 spiro atoms. The second-order valence-electron chi connectivity index (χ2n) is 7.33. The Kier molecular flexibility index (Phi) is 5.39. The lowest BCUT2D eigenvalue weighted by Gasteiger charge is -2.26. The van der Waals surface area contributed by atoms with E-state index in [0.29, 0.717) is 17.7 Å². The maximum atomic E-state index is 12.6. The Bertz CT molecular complexity index is 1040. The molecule has 1 aromatic heterocycles. The zero-order chi connectivity index (χ0) is 19.5. The average Bonchev–Trinajstić information content (AvgIpc) is 3.08. The Morgan fingerprint density at radius 1 is 1.25 bits per heavy atom. The van der Waals surface area contributed by atoms with Crippen LogP contribution in [0.1, 0.15) is 42.0 Å². The molecule has 144 valence electrons. The van der Waals surface area contributed by atoms with Gasteiger partial charge in [-0.05, 0) is 49.5 Å². The summed E-state index contributed by atoms with van der Waals surface area (Å²) in [7, 11) is 0. The van der Waals surface area contributed by atoms with Gasteiger partial charge >= 0.3 is 0 Å². The van der Waals surface area contributed by atoms with E-state index >= 15 is 0 Å². The molecule has 0 aliphatic heterocycles. The van der Waals surface area contributed by atoms with Crippen molar-refractivity contribution in [3.05, 3.63) is 70.0 Å². The predicted octanol–water partition coefficient (Wildman–Crippen LogP) is 4.50. The van der Waals surface area contributed by atoms with Crippen molar-refractivity contribution in [3.63, 3.8) is 0 Å². The molecular weight excluding hydrogens is 368 g/mol. The highest BCUT2D eigenvalue weighted by atomic mass is 32.1. The van der Waals surface area contributed by atoms with Gasteiger partial charge in [0, 0.05) is 18.5 Å². The van der Waals surface area contributed by atoms with Gasteiger partial charge in [0.2, 0.25) is 5.91 Å². The quantitative estimate of drug-likeness (QED) is 0.629. The molecule has 0 saturated carbocycles. The fourth-order valence-electron chi connectivity index (χ4n) is 3.83. The monoisotopic (exact) mass is 392 g/mol. The number of H-pyrrole nitrogens is 1. The molecule has 6 heteroatoms. The molecule has 0 saturated heterocycles. The maximum Gasteiger partial charge on any atom is 0.222 e. The van der Waals surface area contributed by atoms with E-state index in [1.165, 1.54) is 16.7 Å². The first-order chi connectivity index (χ1) is 13.6. The molecule has 4 rings (SSSR count). The zero-order valence-electron chi connectivity index (χ0n) is 15.9. The third-order valence-electron chi connectivity index (χ3n) is 5.34. The number of benzene rings is 2. The molecule has 1 heterocycles. The van der Waals surface area contributed by atoms with Crippen molar-refractivity contribution in [1.29, 1.82) is 0 Å². The van der Waals surface area contributed by atoms with E-state index in [-0.39, 0.29) is 11.9 Å². The van der Waals surface area contributed by atoms with Gasteiger partial charge in [-0.1, -0.05) is 54.1 Å². The van der Waals surface area contributed by atoms with Gasteiger partial charge in [0.05, 0.1) is 6.04 Å². The summed E-state index contributed by atoms with van der Waals surface area (Å²) in [5.41, 5.74) is 4.77. The van der Waals surface area contributed by atoms with Crippen molar-refractivity contribution in [3.8, 4) is 11.4 Å². The van der Waals surface area contributed by atoms with Crippen LogP contribution in [0.25, 0.3) is 11.4 Å². The van der Waals surface area contributed by atoms with Gasteiger partial charge in [-0.2, -0.15) is 5.10 Å². The number of hydrogen-bond donors (Lipinski definition) is 2. The fourth-order valence-corrected chi connectivity index (χ4v) is 4.06. The Morgan fingerprint density at radius 2 is 2.04 bits per heavy atom. The number of carbonyl (C=O) groups excluding carboxylic acids is 1. The first-order valence-corrected chi connectivity index (χ1v) is 10.1. The van der Waals surface area contributed by atoms with Crippen LogP contribution in [0.4, 0.5) is 0 Å². The summed E-state index contributed by atoms with van der Waals surface area (Å²) in [4.78, 5) is 12.6. The van der Waals surface area contributed by atoms with Crippen LogP contribution >= 0.6 is 12.2 Å². The van der Waals surface area contributed by atoms with Crippen molar-refractivity contribution in [2.45, 2.75) is 45.2 Å². The molecule has 1 atom stereocenters. The minimum absolute atomic E-state index is 0.0414. The summed E-state index contributed by atoms with van der Waals surface area (Å²) in [6.45, 7) is 2.55. The molecule has 1 amide bonds. The van der Waals surface area contributed by atoms with Crippen LogP contribution in [0.15, 0.2) is 48.5 Å². The van der Waals surface area contributed by atoms with E-state index in [2.05, 4.69) is 40.6 Å². The lowest BCUT2D eigenvalue weighted by atomic mass is 9.88. The van der Waals surface area contributed by atoms with Crippen molar-refractivity contribution < 1.29 is 4.79 Å². The average molecular weight is 393 g/mol. The van der Waals surface area contributed by atoms with Crippen LogP contribution in [0.5, 0.6) is 0 Å². The largest absolute Gasteiger partial charge is 0.349 e. The van der Waals surface area contributed by atoms with Crippen molar-refractivity contribution in [2.24, 2.45) is 0 Å². The summed E-state index contributed by atoms with van der Waals surface area (Å²) < 4.78 is 2.43. The number of carbonyl (C=O) groups is 1. The number of nitrogens with one attached hydrogen (secondary N) is 2. The van der Waals surface area contributed by atoms with E-state index in [0.717, 1.165) is 30.7 Å². The summed E-state index contributed by atoms with van der Waals surface area (Å²) in [6, 6.07) is 16.6. The molecular formula is C22H24N4OS. The minimum Gasteiger partial charge on any atom is -0.349 e. The molecule has 0 radical (unpaired) electrons. The topological polar surface area (TPSA) is 62.7 Å². The Labute approximate surface area is 169 Å². The lowest BCUT2D eigenvalue weighted by Crippen LogP contribution is -2.31. The summed E-state index contributed by atoms with van der Waals surface area (Å²) >= 11 is 5.38. The number of aromatic nitrogens is 3. The van der Waals surface area contributed by atoms with Gasteiger partial charge in [0.25, 0.3) is 0 Å². The fraction of sp³-hybridized carbons (Fsp3) is 0.318. The number of hydrogen-bond acceptors (Lipinski definition) is 3. The summed E-state index contributed by atoms with van der Waals surface area (Å²) in [5.74, 6) is 0.806. The second kappa shape index (κ2) is 8.10. The molecule has 1 aliphatic carbocycles. The van der Waals surface area contributed by atoms with E-state index in [1.54, 1.807) is 0 Å². The number of fused-ring (bicyclic) bond motifs is 1. The SMILES string of the molecule is Cc1ccc(-c2n[nH]c(=S)n2CCC(=O)NC2CCCc3ccccc32)cc1. The minimum atomic E-state index is 0.0414. The van der Waals surface area contributed by atoms with Gasteiger partial charge in [0.1, 0.15) is 0 Å². The van der Waals surface area contributed by atoms with Crippen molar-refractivity contribution >= 4 is 18.1 Å². The van der Waals surface area contributed by atoms with E-state index in [1.807, 2.05) is 34.9 Å². The number of rotatable bonds is 5. The molecule has 1 aliphatic rings. The van der Waals surface area contributed by atoms with Crippen molar-refractivity contribution in [2.75, 3.05) is 0 Å². The Morgan fingerprint density at radius 3 is 2.86 bits per heavy atom. The molecule has 28 heavy (non-hydrogen) atoms. The maximum absolute atomic E-state index is 12.6. The zero-order valence-corrected chi connectivity index (χ0v) is 16.8. The van der Waals surface area contributed by atoms with Crippen LogP contribution in [0.3, 0.4) is 0 Å². The molecule has 2 N–H and O–H groups in total. The molecule has 1 unspecified atom stereocenters. The first-order valence-electron chi connectivity index (χ1n) is 9.71. The second-order valence-corrected chi connectivity index (χ2v) is 7.72. The van der Waals surface area contributed by atoms with Gasteiger partial charge < -0.3 is 5.32 Å². The van der Waals surface area contributed by atoms with E-state index in [4.69, 9.17) is 12.2 Å². The third kappa shape index (κ3) is 3.92. The molecule has 0 fully saturated rings. The van der Waals surface area contributed by atoms with Crippen LogP contribution in [0, 0.1) is 11.7 Å². The first kappa shape index (κ1) is 18.6. The standard InChI is InChI=1S/C22H24N4OS/c1-15-9-11-17(12-10-15)21-24-25-22(28)26(21)14-13-20(27)23-19-8-4-6-16-5-2-3-7-18(16)19/h2-3,5,7,9-12,19H,4,6,8,13-14H2,1H3,(H,23,27)(H,25,28). The Balaban J connectivity index is 1.44. The highest BCUT2D eigenvalue weighted by Gasteiger charge is 2.21.